The van der Waals surface area contributed by atoms with E-state index in [-0.39, 0.29) is 6.10 Å². The van der Waals surface area contributed by atoms with Crippen molar-refractivity contribution in [3.8, 4) is 0 Å². The van der Waals surface area contributed by atoms with E-state index in [2.05, 4.69) is 39.6 Å². The van der Waals surface area contributed by atoms with Crippen LogP contribution in [-0.4, -0.2) is 54.6 Å². The van der Waals surface area contributed by atoms with Crippen LogP contribution in [-0.2, 0) is 17.8 Å². The Labute approximate surface area is 190 Å². The second kappa shape index (κ2) is 12.0. The Hall–Kier alpha value is -2.19. The van der Waals surface area contributed by atoms with E-state index in [9.17, 15) is 0 Å². The quantitative estimate of drug-likeness (QED) is 0.486. The van der Waals surface area contributed by atoms with Crippen LogP contribution in [0.3, 0.4) is 0 Å². The van der Waals surface area contributed by atoms with Gasteiger partial charge in [0.1, 0.15) is 16.9 Å². The molecule has 1 unspecified atom stereocenters. The van der Waals surface area contributed by atoms with Crippen LogP contribution in [0.25, 0.3) is 0 Å². The maximum absolute atomic E-state index is 5.37. The van der Waals surface area contributed by atoms with Gasteiger partial charge in [-0.05, 0) is 38.3 Å². The van der Waals surface area contributed by atoms with Gasteiger partial charge in [-0.25, -0.2) is 15.0 Å². The first-order valence-electron chi connectivity index (χ1n) is 11.3. The number of hydrogen-bond acceptors (Lipinski definition) is 6. The minimum atomic E-state index is 0.0238. The highest BCUT2D eigenvalue weighted by molar-refractivity contribution is 7.09. The highest BCUT2D eigenvalue weighted by Crippen LogP contribution is 2.21. The topological polar surface area (TPSA) is 65.9 Å². The fraction of sp³-hybridized carbons (Fsp3) is 0.609. The highest BCUT2D eigenvalue weighted by Gasteiger charge is 2.13. The van der Waals surface area contributed by atoms with E-state index in [0.29, 0.717) is 13.1 Å². The second-order valence-corrected chi connectivity index (χ2v) is 8.90. The van der Waals surface area contributed by atoms with Crippen molar-refractivity contribution in [3.05, 3.63) is 40.0 Å². The average molecular weight is 445 g/mol. The van der Waals surface area contributed by atoms with Gasteiger partial charge in [-0.2, -0.15) is 0 Å². The maximum Gasteiger partial charge on any atom is 0.194 e. The molecule has 1 aliphatic rings. The summed E-state index contributed by atoms with van der Waals surface area (Å²) in [6, 6.07) is 4.29. The summed E-state index contributed by atoms with van der Waals surface area (Å²) < 4.78 is 5.37. The van der Waals surface area contributed by atoms with Gasteiger partial charge in [-0.1, -0.05) is 18.9 Å². The highest BCUT2D eigenvalue weighted by atomic mass is 32.1. The van der Waals surface area contributed by atoms with Crippen molar-refractivity contribution in [1.82, 2.24) is 20.2 Å². The number of guanidine groups is 1. The molecule has 170 valence electrons. The lowest BCUT2D eigenvalue weighted by atomic mass is 10.2. The van der Waals surface area contributed by atoms with E-state index < -0.39 is 0 Å². The summed E-state index contributed by atoms with van der Waals surface area (Å²) in [7, 11) is 3.75. The van der Waals surface area contributed by atoms with E-state index in [0.717, 1.165) is 47.7 Å². The van der Waals surface area contributed by atoms with Crippen LogP contribution in [0, 0.1) is 0 Å². The molecule has 0 radical (unpaired) electrons. The molecule has 1 saturated heterocycles. The van der Waals surface area contributed by atoms with Gasteiger partial charge in [0.05, 0.1) is 18.8 Å². The summed E-state index contributed by atoms with van der Waals surface area (Å²) in [5.74, 6) is 1.96. The van der Waals surface area contributed by atoms with E-state index in [1.165, 1.54) is 25.7 Å². The number of hydrogen-bond donors (Lipinski definition) is 1. The lowest BCUT2D eigenvalue weighted by Gasteiger charge is -2.22. The zero-order chi connectivity index (χ0) is 22.1. The molecule has 3 rings (SSSR count). The number of pyridine rings is 1. The van der Waals surface area contributed by atoms with Crippen LogP contribution >= 0.6 is 11.3 Å². The van der Waals surface area contributed by atoms with E-state index in [1.807, 2.05) is 20.2 Å². The molecule has 0 saturated carbocycles. The van der Waals surface area contributed by atoms with E-state index in [4.69, 9.17) is 19.7 Å². The molecule has 0 spiro atoms. The predicted octanol–water partition coefficient (Wildman–Crippen LogP) is 4.22. The Morgan fingerprint density at radius 1 is 1.29 bits per heavy atom. The lowest BCUT2D eigenvalue weighted by molar-refractivity contribution is 0.119. The summed E-state index contributed by atoms with van der Waals surface area (Å²) in [5, 5.41) is 6.48. The molecule has 2 aromatic rings. The van der Waals surface area contributed by atoms with Gasteiger partial charge >= 0.3 is 0 Å². The number of methoxy groups -OCH3 is 1. The number of anilines is 1. The number of aromatic nitrogens is 2. The number of rotatable bonds is 8. The zero-order valence-corrected chi connectivity index (χ0v) is 20.1. The summed E-state index contributed by atoms with van der Waals surface area (Å²) in [6.07, 6.45) is 7.17. The van der Waals surface area contributed by atoms with Crippen molar-refractivity contribution in [2.75, 3.05) is 38.7 Å². The molecule has 31 heavy (non-hydrogen) atoms. The Kier molecular flexibility index (Phi) is 9.09. The average Bonchev–Trinajstić information content (AvgIpc) is 3.08. The summed E-state index contributed by atoms with van der Waals surface area (Å²) >= 11 is 1.64. The van der Waals surface area contributed by atoms with Crippen LogP contribution in [0.15, 0.2) is 28.7 Å². The molecule has 0 aromatic carbocycles. The standard InChI is InChI=1S/C23H36N6OS/c1-5-24-23(28(3)16-20-17-31-22(27-20)18(2)30-4)26-15-19-10-11-21(25-14-19)29-12-8-6-7-9-13-29/h10-11,14,17-18H,5-9,12-13,15-16H2,1-4H3,(H,24,26). The van der Waals surface area contributed by atoms with Crippen molar-refractivity contribution < 1.29 is 4.74 Å². The normalized spacial score (nSPS) is 16.1. The van der Waals surface area contributed by atoms with Crippen molar-refractivity contribution in [2.24, 2.45) is 4.99 Å². The molecule has 1 N–H and O–H groups in total. The van der Waals surface area contributed by atoms with Gasteiger partial charge in [0.25, 0.3) is 0 Å². The molecule has 7 nitrogen and oxygen atoms in total. The second-order valence-electron chi connectivity index (χ2n) is 8.01. The summed E-state index contributed by atoms with van der Waals surface area (Å²) in [6.45, 7) is 8.45. The molecule has 1 aliphatic heterocycles. The summed E-state index contributed by atoms with van der Waals surface area (Å²) in [5.41, 5.74) is 2.15. The van der Waals surface area contributed by atoms with Gasteiger partial charge in [0, 0.05) is 45.4 Å². The van der Waals surface area contributed by atoms with Crippen molar-refractivity contribution in [3.63, 3.8) is 0 Å². The van der Waals surface area contributed by atoms with Crippen molar-refractivity contribution >= 4 is 23.1 Å². The Balaban J connectivity index is 1.61. The predicted molar refractivity (Wildman–Crippen MR) is 129 cm³/mol. The minimum absolute atomic E-state index is 0.0238. The first-order valence-corrected chi connectivity index (χ1v) is 12.1. The van der Waals surface area contributed by atoms with E-state index >= 15 is 0 Å². The third kappa shape index (κ3) is 6.90. The van der Waals surface area contributed by atoms with Crippen LogP contribution < -0.4 is 10.2 Å². The third-order valence-corrected chi connectivity index (χ3v) is 6.57. The zero-order valence-electron chi connectivity index (χ0n) is 19.3. The van der Waals surface area contributed by atoms with Gasteiger partial charge < -0.3 is 19.9 Å². The molecule has 1 fully saturated rings. The van der Waals surface area contributed by atoms with Crippen molar-refractivity contribution in [1.29, 1.82) is 0 Å². The Morgan fingerprint density at radius 3 is 2.71 bits per heavy atom. The van der Waals surface area contributed by atoms with Crippen LogP contribution in [0.4, 0.5) is 5.82 Å². The monoisotopic (exact) mass is 444 g/mol. The molecule has 1 atom stereocenters. The van der Waals surface area contributed by atoms with Crippen molar-refractivity contribution in [2.45, 2.75) is 58.7 Å². The first-order chi connectivity index (χ1) is 15.1. The fourth-order valence-electron chi connectivity index (χ4n) is 3.63. The van der Waals surface area contributed by atoms with Gasteiger partial charge in [0.2, 0.25) is 0 Å². The number of thiazole rings is 1. The Bertz CT molecular complexity index is 814. The molecule has 0 aliphatic carbocycles. The molecule has 3 heterocycles. The number of nitrogens with zero attached hydrogens (tertiary/aromatic N) is 5. The third-order valence-electron chi connectivity index (χ3n) is 5.52. The van der Waals surface area contributed by atoms with Crippen LogP contribution in [0.2, 0.25) is 0 Å². The number of aliphatic imine (C=N–C) groups is 1. The van der Waals surface area contributed by atoms with Gasteiger partial charge in [-0.15, -0.1) is 11.3 Å². The number of ether oxygens (including phenoxy) is 1. The lowest BCUT2D eigenvalue weighted by Crippen LogP contribution is -2.38. The SMILES string of the molecule is CCNC(=NCc1ccc(N2CCCCCC2)nc1)N(C)Cc1csc(C(C)OC)n1. The molecular formula is C23H36N6OS. The molecule has 8 heteroatoms. The maximum atomic E-state index is 5.37. The molecular weight excluding hydrogens is 408 g/mol. The largest absolute Gasteiger partial charge is 0.375 e. The minimum Gasteiger partial charge on any atom is -0.375 e. The first kappa shape index (κ1) is 23.5. The van der Waals surface area contributed by atoms with Gasteiger partial charge in [-0.3, -0.25) is 0 Å². The summed E-state index contributed by atoms with van der Waals surface area (Å²) in [4.78, 5) is 18.7. The van der Waals surface area contributed by atoms with Crippen LogP contribution in [0.5, 0.6) is 0 Å². The van der Waals surface area contributed by atoms with Crippen LogP contribution in [0.1, 0.15) is 61.9 Å². The molecule has 2 aromatic heterocycles. The smallest absolute Gasteiger partial charge is 0.194 e. The Morgan fingerprint density at radius 2 is 2.06 bits per heavy atom. The molecule has 0 bridgehead atoms. The fourth-order valence-corrected chi connectivity index (χ4v) is 4.48. The van der Waals surface area contributed by atoms with Gasteiger partial charge in [0.15, 0.2) is 5.96 Å². The molecule has 0 amide bonds. The number of nitrogens with one attached hydrogen (secondary N) is 1. The van der Waals surface area contributed by atoms with E-state index in [1.54, 1.807) is 18.4 Å².